The van der Waals surface area contributed by atoms with E-state index in [9.17, 15) is 4.79 Å². The highest BCUT2D eigenvalue weighted by molar-refractivity contribution is 5.85. The lowest BCUT2D eigenvalue weighted by atomic mass is 10.3. The van der Waals surface area contributed by atoms with Gasteiger partial charge in [0.2, 0.25) is 5.82 Å². The van der Waals surface area contributed by atoms with Gasteiger partial charge in [0.15, 0.2) is 0 Å². The van der Waals surface area contributed by atoms with Crippen LogP contribution in [-0.4, -0.2) is 34.6 Å². The van der Waals surface area contributed by atoms with Gasteiger partial charge in [-0.2, -0.15) is 0 Å². The molecule has 0 saturated heterocycles. The van der Waals surface area contributed by atoms with E-state index in [1.807, 2.05) is 31.1 Å². The molecule has 0 radical (unpaired) electrons. The molecule has 78 valence electrons. The molecule has 0 aromatic carbocycles. The molecule has 0 saturated carbocycles. The monoisotopic (exact) mass is 205 g/mol. The molecule has 0 spiro atoms. The Bertz CT molecular complexity index is 516. The van der Waals surface area contributed by atoms with E-state index in [0.717, 1.165) is 11.2 Å². The Hall–Kier alpha value is -2.04. The quantitative estimate of drug-likeness (QED) is 0.797. The van der Waals surface area contributed by atoms with Crippen LogP contribution in [0.1, 0.15) is 10.6 Å². The Balaban J connectivity index is 2.61. The normalized spacial score (nSPS) is 10.5. The van der Waals surface area contributed by atoms with Crippen LogP contribution in [0.2, 0.25) is 0 Å². The zero-order valence-corrected chi connectivity index (χ0v) is 8.51. The molecule has 0 atom stereocenters. The lowest BCUT2D eigenvalue weighted by Crippen LogP contribution is -2.09. The third-order valence-electron chi connectivity index (χ3n) is 2.22. The molecule has 0 aliphatic carbocycles. The maximum atomic E-state index is 10.8. The summed E-state index contributed by atoms with van der Waals surface area (Å²) in [5, 5.41) is 8.86. The van der Waals surface area contributed by atoms with E-state index in [1.165, 1.54) is 0 Å². The van der Waals surface area contributed by atoms with Crippen molar-refractivity contribution in [1.82, 2.24) is 9.38 Å². The molecule has 5 heteroatoms. The number of aromatic nitrogens is 2. The van der Waals surface area contributed by atoms with E-state index in [4.69, 9.17) is 5.11 Å². The molecule has 2 aromatic heterocycles. The van der Waals surface area contributed by atoms with E-state index < -0.39 is 5.97 Å². The second-order valence-corrected chi connectivity index (χ2v) is 3.46. The van der Waals surface area contributed by atoms with Crippen LogP contribution in [0, 0.1) is 0 Å². The van der Waals surface area contributed by atoms with Crippen molar-refractivity contribution in [3.8, 4) is 0 Å². The van der Waals surface area contributed by atoms with Crippen LogP contribution in [0.15, 0.2) is 24.5 Å². The van der Waals surface area contributed by atoms with Gasteiger partial charge in [-0.05, 0) is 12.1 Å². The number of carboxylic acids is 1. The van der Waals surface area contributed by atoms with Gasteiger partial charge in [-0.25, -0.2) is 9.78 Å². The molecule has 0 bridgehead atoms. The smallest absolute Gasteiger partial charge is 0.372 e. The number of pyridine rings is 1. The summed E-state index contributed by atoms with van der Waals surface area (Å²) in [6, 6.07) is 3.74. The van der Waals surface area contributed by atoms with Crippen LogP contribution in [-0.2, 0) is 0 Å². The van der Waals surface area contributed by atoms with Gasteiger partial charge in [-0.3, -0.25) is 4.40 Å². The highest BCUT2D eigenvalue weighted by atomic mass is 16.4. The first kappa shape index (κ1) is 9.51. The fraction of sp³-hybridized carbons (Fsp3) is 0.200. The highest BCUT2D eigenvalue weighted by Crippen LogP contribution is 2.15. The molecule has 15 heavy (non-hydrogen) atoms. The summed E-state index contributed by atoms with van der Waals surface area (Å²) in [7, 11) is 3.86. The van der Waals surface area contributed by atoms with Crippen molar-refractivity contribution >= 4 is 17.2 Å². The molecule has 2 rings (SSSR count). The maximum absolute atomic E-state index is 10.8. The van der Waals surface area contributed by atoms with Gasteiger partial charge >= 0.3 is 5.97 Å². The first-order valence-corrected chi connectivity index (χ1v) is 4.47. The van der Waals surface area contributed by atoms with Crippen molar-refractivity contribution in [2.45, 2.75) is 0 Å². The number of fused-ring (bicyclic) bond motifs is 1. The first-order chi connectivity index (χ1) is 7.09. The predicted octanol–water partition coefficient (Wildman–Crippen LogP) is 1.10. The Morgan fingerprint density at radius 2 is 2.27 bits per heavy atom. The minimum atomic E-state index is -1.02. The molecule has 0 aliphatic rings. The van der Waals surface area contributed by atoms with Gasteiger partial charge in [-0.15, -0.1) is 0 Å². The Labute approximate surface area is 86.6 Å². The van der Waals surface area contributed by atoms with Gasteiger partial charge in [0.05, 0.1) is 11.7 Å². The van der Waals surface area contributed by atoms with E-state index in [2.05, 4.69) is 4.98 Å². The van der Waals surface area contributed by atoms with Crippen molar-refractivity contribution in [2.75, 3.05) is 19.0 Å². The number of anilines is 1. The van der Waals surface area contributed by atoms with E-state index in [1.54, 1.807) is 16.8 Å². The van der Waals surface area contributed by atoms with Gasteiger partial charge in [0.1, 0.15) is 0 Å². The van der Waals surface area contributed by atoms with Crippen molar-refractivity contribution in [3.63, 3.8) is 0 Å². The lowest BCUT2D eigenvalue weighted by molar-refractivity contribution is 0.0683. The summed E-state index contributed by atoms with van der Waals surface area (Å²) < 4.78 is 1.55. The second-order valence-electron chi connectivity index (χ2n) is 3.46. The molecule has 0 amide bonds. The van der Waals surface area contributed by atoms with Crippen molar-refractivity contribution in [1.29, 1.82) is 0 Å². The zero-order valence-electron chi connectivity index (χ0n) is 8.51. The second kappa shape index (κ2) is 3.27. The Kier molecular flexibility index (Phi) is 2.07. The van der Waals surface area contributed by atoms with Crippen molar-refractivity contribution in [3.05, 3.63) is 30.4 Å². The summed E-state index contributed by atoms with van der Waals surface area (Å²) in [5.74, 6) is -0.983. The van der Waals surface area contributed by atoms with Crippen LogP contribution < -0.4 is 4.90 Å². The molecule has 0 aliphatic heterocycles. The van der Waals surface area contributed by atoms with Crippen LogP contribution in [0.4, 0.5) is 5.69 Å². The summed E-state index contributed by atoms with van der Waals surface area (Å²) in [6.45, 7) is 0. The molecule has 0 fully saturated rings. The van der Waals surface area contributed by atoms with Gasteiger partial charge in [-0.1, -0.05) is 0 Å². The average molecular weight is 205 g/mol. The first-order valence-electron chi connectivity index (χ1n) is 4.47. The number of nitrogens with zero attached hydrogens (tertiary/aromatic N) is 3. The van der Waals surface area contributed by atoms with Crippen LogP contribution in [0.25, 0.3) is 5.52 Å². The van der Waals surface area contributed by atoms with Gasteiger partial charge < -0.3 is 10.0 Å². The molecule has 2 aromatic rings. The van der Waals surface area contributed by atoms with Crippen molar-refractivity contribution < 1.29 is 9.90 Å². The summed E-state index contributed by atoms with van der Waals surface area (Å²) >= 11 is 0. The number of rotatable bonds is 2. The average Bonchev–Trinajstić information content (AvgIpc) is 2.59. The molecular weight excluding hydrogens is 194 g/mol. The number of carboxylic acid groups (broad SMARTS) is 1. The minimum absolute atomic E-state index is 0.0373. The predicted molar refractivity (Wildman–Crippen MR) is 56.5 cm³/mol. The van der Waals surface area contributed by atoms with E-state index in [0.29, 0.717) is 0 Å². The number of imidazole rings is 1. The third kappa shape index (κ3) is 1.52. The minimum Gasteiger partial charge on any atom is -0.475 e. The van der Waals surface area contributed by atoms with Crippen LogP contribution >= 0.6 is 0 Å². The Morgan fingerprint density at radius 1 is 1.53 bits per heavy atom. The topological polar surface area (TPSA) is 57.8 Å². The molecule has 5 nitrogen and oxygen atoms in total. The van der Waals surface area contributed by atoms with Crippen molar-refractivity contribution in [2.24, 2.45) is 0 Å². The molecular formula is C10H11N3O2. The van der Waals surface area contributed by atoms with E-state index >= 15 is 0 Å². The third-order valence-corrected chi connectivity index (χ3v) is 2.22. The number of hydrogen-bond acceptors (Lipinski definition) is 3. The van der Waals surface area contributed by atoms with Gasteiger partial charge in [0, 0.05) is 26.0 Å². The van der Waals surface area contributed by atoms with Crippen LogP contribution in [0.5, 0.6) is 0 Å². The van der Waals surface area contributed by atoms with Crippen LogP contribution in [0.3, 0.4) is 0 Å². The number of aromatic carboxylic acids is 1. The molecule has 0 unspecified atom stereocenters. The summed E-state index contributed by atoms with van der Waals surface area (Å²) in [5.41, 5.74) is 1.79. The van der Waals surface area contributed by atoms with Gasteiger partial charge in [0.25, 0.3) is 0 Å². The molecule has 1 N–H and O–H groups in total. The highest BCUT2D eigenvalue weighted by Gasteiger charge is 2.10. The van der Waals surface area contributed by atoms with E-state index in [-0.39, 0.29) is 5.82 Å². The number of hydrogen-bond donors (Lipinski definition) is 1. The summed E-state index contributed by atoms with van der Waals surface area (Å²) in [4.78, 5) is 16.6. The lowest BCUT2D eigenvalue weighted by Gasteiger charge is -2.12. The fourth-order valence-electron chi connectivity index (χ4n) is 1.42. The molecule has 2 heterocycles. The maximum Gasteiger partial charge on any atom is 0.372 e. The number of carbonyl (C=O) groups is 1. The Morgan fingerprint density at radius 3 is 2.87 bits per heavy atom. The fourth-order valence-corrected chi connectivity index (χ4v) is 1.42. The standard InChI is InChI=1S/C10H11N3O2/c1-12(2)7-3-4-13-8(5-7)6-11-9(13)10(14)15/h3-6H,1-2H3,(H,14,15). The SMILES string of the molecule is CN(C)c1ccn2c(C(=O)O)ncc2c1. The summed E-state index contributed by atoms with van der Waals surface area (Å²) in [6.07, 6.45) is 3.26. The zero-order chi connectivity index (χ0) is 11.0. The largest absolute Gasteiger partial charge is 0.475 e.